The lowest BCUT2D eigenvalue weighted by atomic mass is 9.96. The molecule has 0 aliphatic rings. The third-order valence-electron chi connectivity index (χ3n) is 6.93. The number of phenolic OH excluding ortho intramolecular Hbond substituents is 1. The summed E-state index contributed by atoms with van der Waals surface area (Å²) in [4.78, 5) is 39.9. The lowest BCUT2D eigenvalue weighted by molar-refractivity contribution is -0.134. The van der Waals surface area contributed by atoms with Crippen molar-refractivity contribution >= 4 is 23.5 Å². The molecule has 4 amide bonds. The second-order valence-corrected chi connectivity index (χ2v) is 10.0. The number of aromatic hydroxyl groups is 1. The Morgan fingerprint density at radius 2 is 1.71 bits per heavy atom. The minimum absolute atomic E-state index is 0.0589. The Bertz CT molecular complexity index is 1310. The highest BCUT2D eigenvalue weighted by molar-refractivity contribution is 5.99. The molecule has 0 saturated heterocycles. The fraction of sp³-hybridized carbons (Fsp3) is 0.344. The highest BCUT2D eigenvalue weighted by Gasteiger charge is 2.30. The molecule has 0 aliphatic heterocycles. The Hall–Kier alpha value is -4.53. The van der Waals surface area contributed by atoms with E-state index in [1.54, 1.807) is 29.2 Å². The fourth-order valence-electron chi connectivity index (χ4n) is 4.46. The molecule has 5 N–H and O–H groups in total. The monoisotopic (exact) mass is 560 g/mol. The van der Waals surface area contributed by atoms with Crippen LogP contribution in [0.4, 0.5) is 10.5 Å². The first-order chi connectivity index (χ1) is 19.7. The van der Waals surface area contributed by atoms with Gasteiger partial charge in [0.15, 0.2) is 11.5 Å². The average Bonchev–Trinajstić information content (AvgIpc) is 2.97. The van der Waals surface area contributed by atoms with Crippen LogP contribution in [-0.4, -0.2) is 47.0 Å². The van der Waals surface area contributed by atoms with E-state index in [-0.39, 0.29) is 17.6 Å². The first kappa shape index (κ1) is 31.0. The number of anilines is 1. The largest absolute Gasteiger partial charge is 0.504 e. The first-order valence-electron chi connectivity index (χ1n) is 14.0. The van der Waals surface area contributed by atoms with Crippen LogP contribution in [0.1, 0.15) is 55.1 Å². The molecule has 3 aromatic carbocycles. The Labute approximate surface area is 241 Å². The van der Waals surface area contributed by atoms with Gasteiger partial charge in [-0.1, -0.05) is 75.7 Å². The summed E-state index contributed by atoms with van der Waals surface area (Å²) in [5, 5.41) is 16.3. The number of nitrogens with two attached hydrogens (primary N) is 1. The molecule has 3 rings (SSSR count). The number of urea groups is 1. The number of nitrogens with zero attached hydrogens (tertiary/aromatic N) is 1. The number of ether oxygens (including phenoxy) is 1. The van der Waals surface area contributed by atoms with Gasteiger partial charge in [-0.3, -0.25) is 9.59 Å². The van der Waals surface area contributed by atoms with Crippen LogP contribution < -0.4 is 21.1 Å². The van der Waals surface area contributed by atoms with Crippen LogP contribution in [0.15, 0.2) is 72.8 Å². The van der Waals surface area contributed by atoms with E-state index in [4.69, 9.17) is 10.5 Å². The maximum Gasteiger partial charge on any atom is 0.316 e. The zero-order valence-electron chi connectivity index (χ0n) is 23.9. The minimum atomic E-state index is -0.749. The maximum atomic E-state index is 13.8. The van der Waals surface area contributed by atoms with E-state index in [1.165, 1.54) is 6.07 Å². The molecule has 0 aliphatic carbocycles. The summed E-state index contributed by atoms with van der Waals surface area (Å²) in [6.07, 6.45) is 1.84. The zero-order valence-corrected chi connectivity index (χ0v) is 23.9. The van der Waals surface area contributed by atoms with Gasteiger partial charge in [0.1, 0.15) is 12.6 Å². The molecule has 218 valence electrons. The molecule has 0 saturated carbocycles. The highest BCUT2D eigenvalue weighted by Crippen LogP contribution is 2.31. The lowest BCUT2D eigenvalue weighted by Gasteiger charge is -2.31. The molecule has 9 heteroatoms. The zero-order chi connectivity index (χ0) is 29.8. The molecule has 3 aromatic rings. The molecule has 41 heavy (non-hydrogen) atoms. The van der Waals surface area contributed by atoms with Crippen molar-refractivity contribution in [2.75, 3.05) is 18.4 Å². The van der Waals surface area contributed by atoms with Crippen molar-refractivity contribution in [3.63, 3.8) is 0 Å². The molecule has 0 heterocycles. The van der Waals surface area contributed by atoms with Crippen LogP contribution in [0.2, 0.25) is 0 Å². The van der Waals surface area contributed by atoms with E-state index in [1.807, 2.05) is 63.2 Å². The Balaban J connectivity index is 1.72. The van der Waals surface area contributed by atoms with Gasteiger partial charge >= 0.3 is 6.03 Å². The molecule has 0 spiro atoms. The van der Waals surface area contributed by atoms with Gasteiger partial charge in [-0.15, -0.1) is 0 Å². The number of primary amides is 1. The molecular formula is C32H40N4O5. The second-order valence-electron chi connectivity index (χ2n) is 10.0. The summed E-state index contributed by atoms with van der Waals surface area (Å²) in [5.74, 6) is -0.284. The number of para-hydroxylation sites is 1. The molecule has 0 radical (unpaired) electrons. The van der Waals surface area contributed by atoms with Crippen LogP contribution in [0.3, 0.4) is 0 Å². The summed E-state index contributed by atoms with van der Waals surface area (Å²) in [6.45, 7) is 7.09. The molecular weight excluding hydrogens is 520 g/mol. The second kappa shape index (κ2) is 15.3. The number of amides is 4. The Morgan fingerprint density at radius 3 is 2.39 bits per heavy atom. The van der Waals surface area contributed by atoms with Crippen molar-refractivity contribution in [2.45, 2.75) is 52.7 Å². The number of nitrogens with one attached hydrogen (secondary N) is 2. The van der Waals surface area contributed by atoms with Crippen molar-refractivity contribution in [1.82, 2.24) is 10.2 Å². The quantitative estimate of drug-likeness (QED) is 0.218. The first-order valence-corrected chi connectivity index (χ1v) is 14.0. The topological polar surface area (TPSA) is 134 Å². The van der Waals surface area contributed by atoms with Crippen LogP contribution >= 0.6 is 0 Å². The fourth-order valence-corrected chi connectivity index (χ4v) is 4.46. The molecule has 0 aromatic heterocycles. The standard InChI is InChI=1S/C32H40N4O5/c1-4-18-36(19-17-24-13-10-16-27(29(24)37)41-21-23-11-7-6-8-12-23)31(39)28(22(3)5-2)35-30(38)25-14-9-15-26(20-25)34-32(33)40/h6-16,20,22,28,37H,4-5,17-19,21H2,1-3H3,(H,35,38)(H3,33,34,40)/t22?,28-/m0/s1. The number of hydrogen-bond acceptors (Lipinski definition) is 5. The third kappa shape index (κ3) is 8.99. The summed E-state index contributed by atoms with van der Waals surface area (Å²) >= 11 is 0. The van der Waals surface area contributed by atoms with Crippen LogP contribution in [0.25, 0.3) is 0 Å². The van der Waals surface area contributed by atoms with Gasteiger partial charge in [0.25, 0.3) is 5.91 Å². The van der Waals surface area contributed by atoms with Crippen LogP contribution in [-0.2, 0) is 17.8 Å². The van der Waals surface area contributed by atoms with E-state index in [0.29, 0.717) is 55.1 Å². The number of benzene rings is 3. The van der Waals surface area contributed by atoms with Crippen LogP contribution in [0, 0.1) is 5.92 Å². The van der Waals surface area contributed by atoms with Crippen molar-refractivity contribution in [3.8, 4) is 11.5 Å². The van der Waals surface area contributed by atoms with Crippen LogP contribution in [0.5, 0.6) is 11.5 Å². The molecule has 0 bridgehead atoms. The van der Waals surface area contributed by atoms with Gasteiger partial charge in [-0.25, -0.2) is 4.79 Å². The number of hydrogen-bond donors (Lipinski definition) is 4. The molecule has 2 atom stereocenters. The van der Waals surface area contributed by atoms with E-state index >= 15 is 0 Å². The number of rotatable bonds is 14. The number of phenols is 1. The SMILES string of the molecule is CCCN(CCc1cccc(OCc2ccccc2)c1O)C(=O)[C@@H](NC(=O)c1cccc(NC(N)=O)c1)C(C)CC. The van der Waals surface area contributed by atoms with Crippen molar-refractivity contribution in [2.24, 2.45) is 11.7 Å². The van der Waals surface area contributed by atoms with E-state index < -0.39 is 18.0 Å². The Morgan fingerprint density at radius 1 is 0.976 bits per heavy atom. The number of carbonyl (C=O) groups is 3. The molecule has 9 nitrogen and oxygen atoms in total. The van der Waals surface area contributed by atoms with E-state index in [0.717, 1.165) is 12.0 Å². The van der Waals surface area contributed by atoms with Gasteiger partial charge < -0.3 is 31.1 Å². The van der Waals surface area contributed by atoms with Gasteiger partial charge in [-0.05, 0) is 54.2 Å². The van der Waals surface area contributed by atoms with Gasteiger partial charge in [0.05, 0.1) is 0 Å². The van der Waals surface area contributed by atoms with Gasteiger partial charge in [0.2, 0.25) is 5.91 Å². The van der Waals surface area contributed by atoms with Gasteiger partial charge in [-0.2, -0.15) is 0 Å². The van der Waals surface area contributed by atoms with Crippen molar-refractivity contribution < 1.29 is 24.2 Å². The van der Waals surface area contributed by atoms with Crippen molar-refractivity contribution in [1.29, 1.82) is 0 Å². The Kier molecular flexibility index (Phi) is 11.6. The van der Waals surface area contributed by atoms with Gasteiger partial charge in [0, 0.05) is 24.3 Å². The van der Waals surface area contributed by atoms with Crippen molar-refractivity contribution in [3.05, 3.63) is 89.5 Å². The predicted molar refractivity (Wildman–Crippen MR) is 160 cm³/mol. The molecule has 1 unspecified atom stereocenters. The normalized spacial score (nSPS) is 12.2. The molecule has 0 fully saturated rings. The summed E-state index contributed by atoms with van der Waals surface area (Å²) < 4.78 is 5.86. The predicted octanol–water partition coefficient (Wildman–Crippen LogP) is 5.09. The smallest absolute Gasteiger partial charge is 0.316 e. The number of carbonyl (C=O) groups excluding carboxylic acids is 3. The summed E-state index contributed by atoms with van der Waals surface area (Å²) in [6, 6.07) is 20.0. The third-order valence-corrected chi connectivity index (χ3v) is 6.93. The lowest BCUT2D eigenvalue weighted by Crippen LogP contribution is -2.52. The summed E-state index contributed by atoms with van der Waals surface area (Å²) in [7, 11) is 0. The highest BCUT2D eigenvalue weighted by atomic mass is 16.5. The summed E-state index contributed by atoms with van der Waals surface area (Å²) in [5.41, 5.74) is 7.55. The minimum Gasteiger partial charge on any atom is -0.504 e. The maximum absolute atomic E-state index is 13.8. The average molecular weight is 561 g/mol. The van der Waals surface area contributed by atoms with E-state index in [2.05, 4.69) is 10.6 Å². The van der Waals surface area contributed by atoms with E-state index in [9.17, 15) is 19.5 Å².